The van der Waals surface area contributed by atoms with Crippen LogP contribution in [0.5, 0.6) is 0 Å². The summed E-state index contributed by atoms with van der Waals surface area (Å²) in [6.07, 6.45) is 1.25. The zero-order valence-electron chi connectivity index (χ0n) is 9.32. The second-order valence-electron chi connectivity index (χ2n) is 3.51. The molecule has 0 aromatic heterocycles. The molecule has 0 saturated heterocycles. The van der Waals surface area contributed by atoms with Crippen molar-refractivity contribution in [3.05, 3.63) is 45.8 Å². The molecule has 0 atom stereocenters. The summed E-state index contributed by atoms with van der Waals surface area (Å²) >= 11 is 11.7. The molecule has 18 heavy (non-hydrogen) atoms. The quantitative estimate of drug-likeness (QED) is 0.803. The first-order chi connectivity index (χ1) is 8.66. The minimum Gasteiger partial charge on any atom is -0.493 e. The van der Waals surface area contributed by atoms with Crippen molar-refractivity contribution >= 4 is 29.2 Å². The molecule has 2 rings (SSSR count). The Morgan fingerprint density at radius 1 is 1.33 bits per heavy atom. The summed E-state index contributed by atoms with van der Waals surface area (Å²) in [5, 5.41) is 0.979. The summed E-state index contributed by atoms with van der Waals surface area (Å²) < 4.78 is 15.1. The summed E-state index contributed by atoms with van der Waals surface area (Å²) in [4.78, 5) is 11.6. The molecule has 0 saturated carbocycles. The highest BCUT2D eigenvalue weighted by Crippen LogP contribution is 2.22. The van der Waals surface area contributed by atoms with Gasteiger partial charge >= 0.3 is 5.97 Å². The van der Waals surface area contributed by atoms with E-state index in [-0.39, 0.29) is 12.4 Å². The average molecular weight is 289 g/mol. The average Bonchev–Trinajstić information content (AvgIpc) is 2.38. The molecule has 1 aromatic rings. The normalized spacial score (nSPS) is 14.2. The van der Waals surface area contributed by atoms with E-state index in [0.717, 1.165) is 0 Å². The van der Waals surface area contributed by atoms with Crippen LogP contribution in [0, 0.1) is 0 Å². The predicted molar refractivity (Wildman–Crippen MR) is 66.2 cm³/mol. The van der Waals surface area contributed by atoms with Crippen LogP contribution >= 0.6 is 23.2 Å². The van der Waals surface area contributed by atoms with E-state index in [0.29, 0.717) is 28.8 Å². The molecule has 0 bridgehead atoms. The number of carbonyl (C=O) groups is 1. The highest BCUT2D eigenvalue weighted by molar-refractivity contribution is 6.35. The second-order valence-corrected chi connectivity index (χ2v) is 4.36. The lowest BCUT2D eigenvalue weighted by atomic mass is 10.2. The number of benzene rings is 1. The molecule has 1 aliphatic rings. The third-order valence-electron chi connectivity index (χ3n) is 2.22. The van der Waals surface area contributed by atoms with Crippen molar-refractivity contribution < 1.29 is 19.0 Å². The lowest BCUT2D eigenvalue weighted by Gasteiger charge is -2.14. The maximum atomic E-state index is 11.6. The smallest absolute Gasteiger partial charge is 0.377 e. The molecular formula is C12H10Cl2O4. The van der Waals surface area contributed by atoms with Crippen molar-refractivity contribution in [3.8, 4) is 0 Å². The molecule has 96 valence electrons. The van der Waals surface area contributed by atoms with E-state index in [2.05, 4.69) is 0 Å². The van der Waals surface area contributed by atoms with Gasteiger partial charge in [0, 0.05) is 15.6 Å². The summed E-state index contributed by atoms with van der Waals surface area (Å²) in [6.45, 7) is 0.817. The minimum absolute atomic E-state index is 0.0511. The Bertz CT molecular complexity index is 485. The maximum Gasteiger partial charge on any atom is 0.377 e. The molecular weight excluding hydrogens is 279 g/mol. The van der Waals surface area contributed by atoms with Gasteiger partial charge in [-0.2, -0.15) is 0 Å². The fourth-order valence-corrected chi connectivity index (χ4v) is 1.79. The maximum absolute atomic E-state index is 11.6. The van der Waals surface area contributed by atoms with Crippen molar-refractivity contribution in [2.75, 3.05) is 13.2 Å². The van der Waals surface area contributed by atoms with E-state index < -0.39 is 5.97 Å². The van der Waals surface area contributed by atoms with Gasteiger partial charge < -0.3 is 14.2 Å². The molecule has 1 aliphatic heterocycles. The van der Waals surface area contributed by atoms with E-state index in [9.17, 15) is 4.79 Å². The van der Waals surface area contributed by atoms with Crippen molar-refractivity contribution in [2.24, 2.45) is 0 Å². The number of rotatable bonds is 3. The van der Waals surface area contributed by atoms with E-state index in [1.165, 1.54) is 6.26 Å². The lowest BCUT2D eigenvalue weighted by molar-refractivity contribution is -0.145. The molecule has 0 fully saturated rings. The Kier molecular flexibility index (Phi) is 4.33. The molecule has 0 radical (unpaired) electrons. The Balaban J connectivity index is 1.94. The van der Waals surface area contributed by atoms with Gasteiger partial charge in [-0.15, -0.1) is 0 Å². The van der Waals surface area contributed by atoms with Gasteiger partial charge in [0.1, 0.15) is 26.1 Å². The Labute approximate surface area is 114 Å². The van der Waals surface area contributed by atoms with Gasteiger partial charge in [0.25, 0.3) is 0 Å². The van der Waals surface area contributed by atoms with Gasteiger partial charge in [0.05, 0.1) is 0 Å². The van der Waals surface area contributed by atoms with Gasteiger partial charge in [-0.3, -0.25) is 0 Å². The zero-order chi connectivity index (χ0) is 13.0. The topological polar surface area (TPSA) is 44.8 Å². The van der Waals surface area contributed by atoms with Crippen molar-refractivity contribution in [2.45, 2.75) is 6.61 Å². The highest BCUT2D eigenvalue weighted by Gasteiger charge is 2.17. The zero-order valence-corrected chi connectivity index (χ0v) is 10.8. The third kappa shape index (κ3) is 3.31. The number of carbonyl (C=O) groups excluding carboxylic acids is 1. The van der Waals surface area contributed by atoms with Gasteiger partial charge in [-0.05, 0) is 12.1 Å². The van der Waals surface area contributed by atoms with Crippen LogP contribution in [0.4, 0.5) is 0 Å². The Hall–Kier alpha value is -1.39. The summed E-state index contributed by atoms with van der Waals surface area (Å²) in [6, 6.07) is 4.96. The first kappa shape index (κ1) is 13.1. The summed E-state index contributed by atoms with van der Waals surface area (Å²) in [5.41, 5.74) is 0.673. The number of hydrogen-bond donors (Lipinski definition) is 0. The minimum atomic E-state index is -0.583. The van der Waals surface area contributed by atoms with Crippen LogP contribution in [0.25, 0.3) is 0 Å². The molecule has 0 unspecified atom stereocenters. The third-order valence-corrected chi connectivity index (χ3v) is 2.81. The van der Waals surface area contributed by atoms with Crippen LogP contribution in [-0.2, 0) is 25.6 Å². The number of hydrogen-bond acceptors (Lipinski definition) is 4. The lowest BCUT2D eigenvalue weighted by Crippen LogP contribution is -2.17. The molecule has 0 spiro atoms. The van der Waals surface area contributed by atoms with E-state index >= 15 is 0 Å². The molecule has 0 amide bonds. The second kappa shape index (κ2) is 5.98. The number of halogens is 2. The molecule has 4 nitrogen and oxygen atoms in total. The van der Waals surface area contributed by atoms with Crippen LogP contribution < -0.4 is 0 Å². The largest absolute Gasteiger partial charge is 0.493 e. The van der Waals surface area contributed by atoms with Crippen LogP contribution in [0.2, 0.25) is 10.0 Å². The van der Waals surface area contributed by atoms with Crippen molar-refractivity contribution in [1.82, 2.24) is 0 Å². The first-order valence-electron chi connectivity index (χ1n) is 5.22. The van der Waals surface area contributed by atoms with Crippen LogP contribution in [0.1, 0.15) is 5.56 Å². The fraction of sp³-hybridized carbons (Fsp3) is 0.250. The fourth-order valence-electron chi connectivity index (χ4n) is 1.33. The van der Waals surface area contributed by atoms with Crippen LogP contribution in [0.15, 0.2) is 30.2 Å². The van der Waals surface area contributed by atoms with Gasteiger partial charge in [-0.1, -0.05) is 29.3 Å². The van der Waals surface area contributed by atoms with E-state index in [1.54, 1.807) is 18.2 Å². The van der Waals surface area contributed by atoms with Gasteiger partial charge in [0.2, 0.25) is 5.76 Å². The van der Waals surface area contributed by atoms with Gasteiger partial charge in [0.15, 0.2) is 0 Å². The van der Waals surface area contributed by atoms with E-state index in [1.807, 2.05) is 0 Å². The van der Waals surface area contributed by atoms with Crippen LogP contribution in [0.3, 0.4) is 0 Å². The summed E-state index contributed by atoms with van der Waals surface area (Å²) in [7, 11) is 0. The number of esters is 1. The Morgan fingerprint density at radius 3 is 2.83 bits per heavy atom. The van der Waals surface area contributed by atoms with Crippen molar-refractivity contribution in [3.63, 3.8) is 0 Å². The number of ether oxygens (including phenoxy) is 3. The molecule has 6 heteroatoms. The molecule has 1 heterocycles. The molecule has 1 aromatic carbocycles. The standard InChI is InChI=1S/C12H10Cl2O4/c13-9-2-1-8(10(14)5-9)6-18-12(15)11-7-16-3-4-17-11/h1-2,5,7H,3-4,6H2. The van der Waals surface area contributed by atoms with Crippen molar-refractivity contribution in [1.29, 1.82) is 0 Å². The van der Waals surface area contributed by atoms with Crippen LogP contribution in [-0.4, -0.2) is 19.2 Å². The predicted octanol–water partition coefficient (Wildman–Crippen LogP) is 2.92. The Morgan fingerprint density at radius 2 is 2.17 bits per heavy atom. The SMILES string of the molecule is O=C(OCc1ccc(Cl)cc1Cl)C1=COCCO1. The summed E-state index contributed by atoms with van der Waals surface area (Å²) in [5.74, 6) is -0.521. The first-order valence-corrected chi connectivity index (χ1v) is 5.98. The van der Waals surface area contributed by atoms with Gasteiger partial charge in [-0.25, -0.2) is 4.79 Å². The van der Waals surface area contributed by atoms with E-state index in [4.69, 9.17) is 37.4 Å². The molecule has 0 aliphatic carbocycles. The highest BCUT2D eigenvalue weighted by atomic mass is 35.5. The monoisotopic (exact) mass is 288 g/mol. The molecule has 0 N–H and O–H groups in total.